The van der Waals surface area contributed by atoms with E-state index in [9.17, 15) is 9.59 Å². The number of imide groups is 1. The van der Waals surface area contributed by atoms with E-state index in [1.54, 1.807) is 12.1 Å². The summed E-state index contributed by atoms with van der Waals surface area (Å²) in [5.74, 6) is 0.302. The zero-order valence-electron chi connectivity index (χ0n) is 14.4. The third-order valence-electron chi connectivity index (χ3n) is 2.80. The van der Waals surface area contributed by atoms with Crippen LogP contribution < -0.4 is 20.1 Å². The Morgan fingerprint density at radius 2 is 2.08 bits per heavy atom. The number of benzene rings is 1. The predicted molar refractivity (Wildman–Crippen MR) is 94.6 cm³/mol. The van der Waals surface area contributed by atoms with Gasteiger partial charge in [0.15, 0.2) is 18.1 Å². The van der Waals surface area contributed by atoms with Crippen molar-refractivity contribution >= 4 is 29.8 Å². The van der Waals surface area contributed by atoms with E-state index in [4.69, 9.17) is 25.9 Å². The number of amides is 3. The number of methoxy groups -OCH3 is 1. The minimum Gasteiger partial charge on any atom is -0.493 e. The molecule has 138 valence electrons. The average Bonchev–Trinajstić information content (AvgIpc) is 2.58. The Bertz CT molecular complexity index is 622. The molecule has 0 saturated carbocycles. The first-order chi connectivity index (χ1) is 12.0. The van der Waals surface area contributed by atoms with Crippen molar-refractivity contribution < 1.29 is 23.9 Å². The molecule has 8 nitrogen and oxygen atoms in total. The highest BCUT2D eigenvalue weighted by molar-refractivity contribution is 6.32. The summed E-state index contributed by atoms with van der Waals surface area (Å²) in [6, 6.07) is 2.73. The topological polar surface area (TPSA) is 98.3 Å². The molecule has 1 aromatic rings. The van der Waals surface area contributed by atoms with Crippen LogP contribution in [0, 0.1) is 0 Å². The van der Waals surface area contributed by atoms with Crippen LogP contribution in [0.4, 0.5) is 4.79 Å². The number of halogens is 1. The lowest BCUT2D eigenvalue weighted by Crippen LogP contribution is -2.41. The highest BCUT2D eigenvalue weighted by Crippen LogP contribution is 2.35. The number of rotatable bonds is 9. The van der Waals surface area contributed by atoms with Crippen molar-refractivity contribution in [3.05, 3.63) is 22.7 Å². The second-order valence-corrected chi connectivity index (χ2v) is 5.19. The van der Waals surface area contributed by atoms with E-state index in [2.05, 4.69) is 15.8 Å². The summed E-state index contributed by atoms with van der Waals surface area (Å²) in [6.45, 7) is 4.29. The normalized spacial score (nSPS) is 10.4. The van der Waals surface area contributed by atoms with Crippen LogP contribution in [0.25, 0.3) is 0 Å². The highest BCUT2D eigenvalue weighted by atomic mass is 35.5. The van der Waals surface area contributed by atoms with E-state index >= 15 is 0 Å². The number of nitrogens with zero attached hydrogens (tertiary/aromatic N) is 1. The molecule has 0 heterocycles. The number of urea groups is 1. The van der Waals surface area contributed by atoms with Crippen molar-refractivity contribution in [1.29, 1.82) is 0 Å². The van der Waals surface area contributed by atoms with E-state index in [1.165, 1.54) is 13.3 Å². The second kappa shape index (κ2) is 11.1. The summed E-state index contributed by atoms with van der Waals surface area (Å²) >= 11 is 6.14. The molecule has 0 aliphatic carbocycles. The Balaban J connectivity index is 2.55. The van der Waals surface area contributed by atoms with E-state index in [1.807, 2.05) is 13.8 Å². The summed E-state index contributed by atoms with van der Waals surface area (Å²) in [5, 5.41) is 8.66. The molecule has 25 heavy (non-hydrogen) atoms. The molecule has 0 aliphatic rings. The van der Waals surface area contributed by atoms with E-state index in [0.29, 0.717) is 35.2 Å². The molecular formula is C16H22ClN3O5. The third-order valence-corrected chi connectivity index (χ3v) is 3.08. The van der Waals surface area contributed by atoms with E-state index in [0.717, 1.165) is 6.42 Å². The fourth-order valence-electron chi connectivity index (χ4n) is 1.74. The lowest BCUT2D eigenvalue weighted by Gasteiger charge is -2.11. The Kier molecular flexibility index (Phi) is 9.16. The number of nitrogens with one attached hydrogen (secondary N) is 2. The van der Waals surface area contributed by atoms with Gasteiger partial charge in [0.25, 0.3) is 5.91 Å². The van der Waals surface area contributed by atoms with Gasteiger partial charge in [0.05, 0.1) is 25.0 Å². The molecule has 0 atom stereocenters. The fraction of sp³-hybridized carbons (Fsp3) is 0.438. The number of hydrogen-bond donors (Lipinski definition) is 2. The Morgan fingerprint density at radius 1 is 1.32 bits per heavy atom. The second-order valence-electron chi connectivity index (χ2n) is 4.78. The number of carbonyl (C=O) groups excluding carboxylic acids is 2. The molecule has 1 rings (SSSR count). The third kappa shape index (κ3) is 7.30. The van der Waals surface area contributed by atoms with Gasteiger partial charge in [-0.15, -0.1) is 0 Å². The van der Waals surface area contributed by atoms with Crippen LogP contribution >= 0.6 is 11.6 Å². The van der Waals surface area contributed by atoms with Crippen molar-refractivity contribution in [2.24, 2.45) is 5.16 Å². The molecule has 0 unspecified atom stereocenters. The van der Waals surface area contributed by atoms with E-state index in [-0.39, 0.29) is 0 Å². The van der Waals surface area contributed by atoms with Gasteiger partial charge in [0.2, 0.25) is 0 Å². The van der Waals surface area contributed by atoms with Crippen LogP contribution in [0.3, 0.4) is 0 Å². The van der Waals surface area contributed by atoms with Gasteiger partial charge < -0.3 is 19.6 Å². The average molecular weight is 372 g/mol. The van der Waals surface area contributed by atoms with Crippen molar-refractivity contribution in [3.63, 3.8) is 0 Å². The van der Waals surface area contributed by atoms with Gasteiger partial charge in [-0.1, -0.05) is 23.7 Å². The van der Waals surface area contributed by atoms with Crippen molar-refractivity contribution in [2.75, 3.05) is 26.9 Å². The van der Waals surface area contributed by atoms with Gasteiger partial charge in [-0.25, -0.2) is 4.79 Å². The van der Waals surface area contributed by atoms with Gasteiger partial charge in [-0.2, -0.15) is 0 Å². The molecule has 2 N–H and O–H groups in total. The molecule has 0 bridgehead atoms. The molecule has 0 aliphatic heterocycles. The summed E-state index contributed by atoms with van der Waals surface area (Å²) in [5.41, 5.74) is 0.603. The monoisotopic (exact) mass is 371 g/mol. The molecule has 0 saturated heterocycles. The number of carbonyl (C=O) groups is 2. The van der Waals surface area contributed by atoms with E-state index < -0.39 is 18.5 Å². The summed E-state index contributed by atoms with van der Waals surface area (Å²) < 4.78 is 10.6. The summed E-state index contributed by atoms with van der Waals surface area (Å²) in [4.78, 5) is 27.6. The number of ether oxygens (including phenoxy) is 2. The SMILES string of the molecule is CCCNC(=O)NC(=O)CO/N=C\c1cc(Cl)c(OCC)c(OC)c1. The van der Waals surface area contributed by atoms with Gasteiger partial charge in [-0.3, -0.25) is 10.1 Å². The summed E-state index contributed by atoms with van der Waals surface area (Å²) in [6.07, 6.45) is 2.14. The smallest absolute Gasteiger partial charge is 0.321 e. The van der Waals surface area contributed by atoms with Crippen molar-refractivity contribution in [1.82, 2.24) is 10.6 Å². The maximum atomic E-state index is 11.5. The van der Waals surface area contributed by atoms with Gasteiger partial charge in [-0.05, 0) is 25.5 Å². The maximum Gasteiger partial charge on any atom is 0.321 e. The van der Waals surface area contributed by atoms with Crippen LogP contribution in [0.2, 0.25) is 5.02 Å². The first kappa shape index (κ1) is 20.6. The summed E-state index contributed by atoms with van der Waals surface area (Å²) in [7, 11) is 1.50. The predicted octanol–water partition coefficient (Wildman–Crippen LogP) is 2.33. The first-order valence-corrected chi connectivity index (χ1v) is 8.12. The molecule has 0 fully saturated rings. The maximum absolute atomic E-state index is 11.5. The van der Waals surface area contributed by atoms with Crippen LogP contribution in [-0.2, 0) is 9.63 Å². The van der Waals surface area contributed by atoms with Gasteiger partial charge in [0.1, 0.15) is 0 Å². The standard InChI is InChI=1S/C16H22ClN3O5/c1-4-6-18-16(22)20-14(21)10-25-19-9-11-7-12(17)15(24-5-2)13(8-11)23-3/h7-9H,4-6,10H2,1-3H3,(H2,18,20,21,22)/b19-9-. The molecule has 0 radical (unpaired) electrons. The van der Waals surface area contributed by atoms with Crippen LogP contribution in [0.1, 0.15) is 25.8 Å². The fourth-order valence-corrected chi connectivity index (χ4v) is 2.01. The minimum atomic E-state index is -0.604. The Labute approximate surface area is 151 Å². The zero-order chi connectivity index (χ0) is 18.7. The molecule has 0 spiro atoms. The number of hydrogen-bond acceptors (Lipinski definition) is 6. The highest BCUT2D eigenvalue weighted by Gasteiger charge is 2.11. The quantitative estimate of drug-likeness (QED) is 0.512. The molecular weight excluding hydrogens is 350 g/mol. The van der Waals surface area contributed by atoms with Gasteiger partial charge >= 0.3 is 6.03 Å². The Morgan fingerprint density at radius 3 is 2.72 bits per heavy atom. The lowest BCUT2D eigenvalue weighted by atomic mass is 10.2. The van der Waals surface area contributed by atoms with Crippen LogP contribution in [0.15, 0.2) is 17.3 Å². The minimum absolute atomic E-state index is 0.369. The zero-order valence-corrected chi connectivity index (χ0v) is 15.2. The van der Waals surface area contributed by atoms with Gasteiger partial charge in [0, 0.05) is 12.1 Å². The lowest BCUT2D eigenvalue weighted by molar-refractivity contribution is -0.124. The van der Waals surface area contributed by atoms with Crippen molar-refractivity contribution in [3.8, 4) is 11.5 Å². The largest absolute Gasteiger partial charge is 0.493 e. The first-order valence-electron chi connectivity index (χ1n) is 7.75. The molecule has 3 amide bonds. The van der Waals surface area contributed by atoms with Crippen LogP contribution in [0.5, 0.6) is 11.5 Å². The van der Waals surface area contributed by atoms with Crippen molar-refractivity contribution in [2.45, 2.75) is 20.3 Å². The van der Waals surface area contributed by atoms with Crippen LogP contribution in [-0.4, -0.2) is 45.0 Å². The number of oxime groups is 1. The molecule has 9 heteroatoms. The molecule has 0 aromatic heterocycles. The molecule has 1 aromatic carbocycles. The Hall–Kier alpha value is -2.48.